The average molecular weight is 325 g/mol. The molecule has 0 saturated carbocycles. The van der Waals surface area contributed by atoms with Crippen molar-refractivity contribution in [1.29, 1.82) is 0 Å². The van der Waals surface area contributed by atoms with Gasteiger partial charge in [0.1, 0.15) is 5.82 Å². The van der Waals surface area contributed by atoms with E-state index in [4.69, 9.17) is 10.7 Å². The summed E-state index contributed by atoms with van der Waals surface area (Å²) in [6.45, 7) is 4.91. The molecular weight excluding hydrogens is 298 g/mol. The SMILES string of the molecule is CC1CCN(C(N)=NCc2cc(N(C)C)nc3ccccc23)CC1. The number of aliphatic imine (C=N–C) groups is 1. The standard InChI is InChI=1S/C19H27N5/c1-14-8-10-24(11-9-14)19(20)21-13-15-12-18(23(2)3)22-17-7-5-4-6-16(15)17/h4-7,12,14H,8-11,13H2,1-3H3,(H2,20,21). The highest BCUT2D eigenvalue weighted by molar-refractivity contribution is 5.84. The zero-order valence-electron chi connectivity index (χ0n) is 14.9. The fraction of sp³-hybridized carbons (Fsp3) is 0.474. The molecule has 1 fully saturated rings. The minimum absolute atomic E-state index is 0.585. The van der Waals surface area contributed by atoms with Gasteiger partial charge in [0.15, 0.2) is 5.96 Å². The maximum atomic E-state index is 6.23. The topological polar surface area (TPSA) is 57.8 Å². The average Bonchev–Trinajstić information content (AvgIpc) is 2.59. The Morgan fingerprint density at radius 1 is 1.29 bits per heavy atom. The van der Waals surface area contributed by atoms with Crippen LogP contribution in [0.25, 0.3) is 10.9 Å². The van der Waals surface area contributed by atoms with Gasteiger partial charge in [0.05, 0.1) is 12.1 Å². The van der Waals surface area contributed by atoms with Gasteiger partial charge in [-0.25, -0.2) is 9.98 Å². The predicted molar refractivity (Wildman–Crippen MR) is 101 cm³/mol. The third-order valence-electron chi connectivity index (χ3n) is 4.77. The molecule has 2 heterocycles. The summed E-state index contributed by atoms with van der Waals surface area (Å²) in [5.41, 5.74) is 8.40. The summed E-state index contributed by atoms with van der Waals surface area (Å²) >= 11 is 0. The van der Waals surface area contributed by atoms with Gasteiger partial charge in [-0.1, -0.05) is 25.1 Å². The zero-order chi connectivity index (χ0) is 17.1. The van der Waals surface area contributed by atoms with Gasteiger partial charge in [-0.05, 0) is 36.5 Å². The van der Waals surface area contributed by atoms with Crippen LogP contribution in [0.1, 0.15) is 25.3 Å². The Balaban J connectivity index is 1.85. The first-order valence-corrected chi connectivity index (χ1v) is 8.65. The van der Waals surface area contributed by atoms with Crippen molar-refractivity contribution < 1.29 is 0 Å². The van der Waals surface area contributed by atoms with E-state index in [2.05, 4.69) is 28.9 Å². The Kier molecular flexibility index (Phi) is 4.88. The summed E-state index contributed by atoms with van der Waals surface area (Å²) in [5, 5.41) is 1.15. The number of nitrogens with two attached hydrogens (primary N) is 1. The number of likely N-dealkylation sites (tertiary alicyclic amines) is 1. The van der Waals surface area contributed by atoms with Gasteiger partial charge in [0.25, 0.3) is 0 Å². The number of rotatable bonds is 3. The number of hydrogen-bond donors (Lipinski definition) is 1. The summed E-state index contributed by atoms with van der Waals surface area (Å²) < 4.78 is 0. The number of pyridine rings is 1. The van der Waals surface area contributed by atoms with E-state index in [1.165, 1.54) is 12.8 Å². The smallest absolute Gasteiger partial charge is 0.191 e. The van der Waals surface area contributed by atoms with Crippen LogP contribution in [0.4, 0.5) is 5.82 Å². The van der Waals surface area contributed by atoms with Gasteiger partial charge in [-0.2, -0.15) is 0 Å². The molecule has 0 spiro atoms. The number of benzene rings is 1. The van der Waals surface area contributed by atoms with Gasteiger partial charge in [-0.3, -0.25) is 0 Å². The fourth-order valence-electron chi connectivity index (χ4n) is 3.10. The van der Waals surface area contributed by atoms with E-state index in [-0.39, 0.29) is 0 Å². The monoisotopic (exact) mass is 325 g/mol. The molecule has 1 aliphatic heterocycles. The third kappa shape index (κ3) is 3.61. The third-order valence-corrected chi connectivity index (χ3v) is 4.77. The van der Waals surface area contributed by atoms with Crippen molar-refractivity contribution in [2.75, 3.05) is 32.1 Å². The molecule has 0 unspecified atom stereocenters. The minimum Gasteiger partial charge on any atom is -0.370 e. The number of hydrogen-bond acceptors (Lipinski definition) is 3. The highest BCUT2D eigenvalue weighted by Gasteiger charge is 2.17. The number of anilines is 1. The maximum absolute atomic E-state index is 6.23. The molecule has 1 aliphatic rings. The molecule has 0 amide bonds. The van der Waals surface area contributed by atoms with Crippen LogP contribution in [0, 0.1) is 5.92 Å². The van der Waals surface area contributed by atoms with E-state index < -0.39 is 0 Å². The van der Waals surface area contributed by atoms with Crippen LogP contribution in [0.2, 0.25) is 0 Å². The quantitative estimate of drug-likeness (QED) is 0.696. The Labute approximate surface area is 144 Å². The Morgan fingerprint density at radius 3 is 2.71 bits per heavy atom. The number of piperidine rings is 1. The lowest BCUT2D eigenvalue weighted by molar-refractivity contribution is 0.277. The van der Waals surface area contributed by atoms with Crippen LogP contribution in [0.5, 0.6) is 0 Å². The molecule has 1 saturated heterocycles. The molecule has 0 aliphatic carbocycles. The molecule has 0 bridgehead atoms. The van der Waals surface area contributed by atoms with Gasteiger partial charge in [0.2, 0.25) is 0 Å². The van der Waals surface area contributed by atoms with Crippen LogP contribution in [0.15, 0.2) is 35.3 Å². The maximum Gasteiger partial charge on any atom is 0.191 e. The Bertz CT molecular complexity index is 730. The summed E-state index contributed by atoms with van der Waals surface area (Å²) in [4.78, 5) is 13.6. The lowest BCUT2D eigenvalue weighted by Crippen LogP contribution is -2.42. The highest BCUT2D eigenvalue weighted by Crippen LogP contribution is 2.23. The molecule has 24 heavy (non-hydrogen) atoms. The van der Waals surface area contributed by atoms with E-state index in [0.717, 1.165) is 41.3 Å². The molecule has 3 rings (SSSR count). The van der Waals surface area contributed by atoms with Crippen LogP contribution >= 0.6 is 0 Å². The summed E-state index contributed by atoms with van der Waals surface area (Å²) in [6.07, 6.45) is 2.39. The fourth-order valence-corrected chi connectivity index (χ4v) is 3.10. The van der Waals surface area contributed by atoms with Crippen molar-refractivity contribution in [2.45, 2.75) is 26.3 Å². The second-order valence-corrected chi connectivity index (χ2v) is 6.90. The van der Waals surface area contributed by atoms with E-state index in [9.17, 15) is 0 Å². The largest absolute Gasteiger partial charge is 0.370 e. The lowest BCUT2D eigenvalue weighted by Gasteiger charge is -2.31. The van der Waals surface area contributed by atoms with Gasteiger partial charge in [0, 0.05) is 32.6 Å². The molecule has 5 nitrogen and oxygen atoms in total. The number of guanidine groups is 1. The predicted octanol–water partition coefficient (Wildman–Crippen LogP) is 2.85. The van der Waals surface area contributed by atoms with Gasteiger partial charge >= 0.3 is 0 Å². The van der Waals surface area contributed by atoms with Crippen molar-refractivity contribution in [1.82, 2.24) is 9.88 Å². The first-order valence-electron chi connectivity index (χ1n) is 8.65. The van der Waals surface area contributed by atoms with Crippen molar-refractivity contribution in [3.05, 3.63) is 35.9 Å². The number of nitrogens with zero attached hydrogens (tertiary/aromatic N) is 4. The van der Waals surface area contributed by atoms with Crippen LogP contribution in [-0.4, -0.2) is 43.0 Å². The molecule has 2 N–H and O–H groups in total. The molecule has 128 valence electrons. The van der Waals surface area contributed by atoms with Crippen molar-refractivity contribution in [3.8, 4) is 0 Å². The zero-order valence-corrected chi connectivity index (χ0v) is 14.9. The first kappa shape index (κ1) is 16.6. The normalized spacial score (nSPS) is 16.6. The second-order valence-electron chi connectivity index (χ2n) is 6.90. The van der Waals surface area contributed by atoms with Crippen LogP contribution in [0.3, 0.4) is 0 Å². The van der Waals surface area contributed by atoms with Crippen LogP contribution in [-0.2, 0) is 6.54 Å². The summed E-state index contributed by atoms with van der Waals surface area (Å²) in [6, 6.07) is 10.3. The highest BCUT2D eigenvalue weighted by atomic mass is 15.3. The number of fused-ring (bicyclic) bond motifs is 1. The summed E-state index contributed by atoms with van der Waals surface area (Å²) in [5.74, 6) is 2.40. The van der Waals surface area contributed by atoms with E-state index in [1.807, 2.05) is 37.2 Å². The molecule has 1 aromatic carbocycles. The van der Waals surface area contributed by atoms with E-state index in [0.29, 0.717) is 12.5 Å². The van der Waals surface area contributed by atoms with Gasteiger partial charge < -0.3 is 15.5 Å². The first-order chi connectivity index (χ1) is 11.5. The molecule has 1 aromatic heterocycles. The van der Waals surface area contributed by atoms with Crippen molar-refractivity contribution in [2.24, 2.45) is 16.6 Å². The molecule has 0 atom stereocenters. The van der Waals surface area contributed by atoms with Crippen molar-refractivity contribution >= 4 is 22.7 Å². The van der Waals surface area contributed by atoms with E-state index >= 15 is 0 Å². The summed E-state index contributed by atoms with van der Waals surface area (Å²) in [7, 11) is 4.01. The number of aromatic nitrogens is 1. The number of para-hydroxylation sites is 1. The Morgan fingerprint density at radius 2 is 2.00 bits per heavy atom. The molecular formula is C19H27N5. The minimum atomic E-state index is 0.585. The van der Waals surface area contributed by atoms with Crippen molar-refractivity contribution in [3.63, 3.8) is 0 Å². The second kappa shape index (κ2) is 7.07. The van der Waals surface area contributed by atoms with E-state index in [1.54, 1.807) is 0 Å². The molecule has 2 aromatic rings. The van der Waals surface area contributed by atoms with Gasteiger partial charge in [-0.15, -0.1) is 0 Å². The Hall–Kier alpha value is -2.30. The van der Waals surface area contributed by atoms with Crippen LogP contribution < -0.4 is 10.6 Å². The molecule has 0 radical (unpaired) electrons. The molecule has 5 heteroatoms. The lowest BCUT2D eigenvalue weighted by atomic mass is 10.00.